The molecule has 1 N–H and O–H groups in total. The monoisotopic (exact) mass is 355 g/mol. The van der Waals surface area contributed by atoms with Crippen molar-refractivity contribution in [1.82, 2.24) is 9.97 Å². The topological polar surface area (TPSA) is 47.0 Å². The van der Waals surface area contributed by atoms with Gasteiger partial charge in [-0.3, -0.25) is 0 Å². The van der Waals surface area contributed by atoms with Crippen LogP contribution in [0.25, 0.3) is 0 Å². The van der Waals surface area contributed by atoms with E-state index in [4.69, 9.17) is 4.74 Å². The van der Waals surface area contributed by atoms with Gasteiger partial charge in [0.1, 0.15) is 17.9 Å². The van der Waals surface area contributed by atoms with Crippen LogP contribution < -0.4 is 10.1 Å². The standard InChI is InChI=1S/C13H14IN3O/c1-3-15-12-9(2)13(17-8-16-12)18-11-7-5-4-6-10(11)14/h4-8H,3H2,1-2H3,(H,15,16,17). The molecule has 5 heteroatoms. The predicted octanol–water partition coefficient (Wildman–Crippen LogP) is 3.61. The molecule has 1 heterocycles. The summed E-state index contributed by atoms with van der Waals surface area (Å²) in [6, 6.07) is 7.85. The molecule has 0 aliphatic rings. The number of benzene rings is 1. The molecule has 2 aromatic rings. The molecule has 94 valence electrons. The van der Waals surface area contributed by atoms with Crippen molar-refractivity contribution in [2.45, 2.75) is 13.8 Å². The molecule has 0 fully saturated rings. The number of anilines is 1. The Hall–Kier alpha value is -1.37. The fraction of sp³-hybridized carbons (Fsp3) is 0.231. The molecule has 0 spiro atoms. The zero-order valence-corrected chi connectivity index (χ0v) is 12.4. The Morgan fingerprint density at radius 1 is 1.28 bits per heavy atom. The van der Waals surface area contributed by atoms with Gasteiger partial charge in [-0.15, -0.1) is 0 Å². The average molecular weight is 355 g/mol. The third-order valence-electron chi connectivity index (χ3n) is 2.43. The van der Waals surface area contributed by atoms with Gasteiger partial charge in [0, 0.05) is 6.54 Å². The second-order valence-corrected chi connectivity index (χ2v) is 4.88. The van der Waals surface area contributed by atoms with Crippen molar-refractivity contribution in [3.63, 3.8) is 0 Å². The number of halogens is 1. The van der Waals surface area contributed by atoms with Crippen molar-refractivity contribution in [1.29, 1.82) is 0 Å². The maximum absolute atomic E-state index is 5.83. The second-order valence-electron chi connectivity index (χ2n) is 3.72. The quantitative estimate of drug-likeness (QED) is 0.852. The summed E-state index contributed by atoms with van der Waals surface area (Å²) in [5.41, 5.74) is 0.916. The highest BCUT2D eigenvalue weighted by Gasteiger charge is 2.09. The summed E-state index contributed by atoms with van der Waals surface area (Å²) >= 11 is 2.24. The minimum atomic E-state index is 0.588. The molecule has 0 saturated heterocycles. The molecule has 0 aliphatic carbocycles. The molecule has 0 atom stereocenters. The number of hydrogen-bond acceptors (Lipinski definition) is 4. The number of nitrogens with one attached hydrogen (secondary N) is 1. The lowest BCUT2D eigenvalue weighted by molar-refractivity contribution is 0.454. The first-order chi connectivity index (χ1) is 8.72. The van der Waals surface area contributed by atoms with Gasteiger partial charge >= 0.3 is 0 Å². The maximum atomic E-state index is 5.83. The van der Waals surface area contributed by atoms with Crippen LogP contribution in [0.2, 0.25) is 0 Å². The van der Waals surface area contributed by atoms with Crippen molar-refractivity contribution < 1.29 is 4.74 Å². The zero-order chi connectivity index (χ0) is 13.0. The second kappa shape index (κ2) is 5.99. The zero-order valence-electron chi connectivity index (χ0n) is 10.3. The van der Waals surface area contributed by atoms with Crippen molar-refractivity contribution in [2.24, 2.45) is 0 Å². The molecule has 0 unspecified atom stereocenters. The fourth-order valence-electron chi connectivity index (χ4n) is 1.51. The molecule has 2 rings (SSSR count). The van der Waals surface area contributed by atoms with E-state index >= 15 is 0 Å². The minimum absolute atomic E-state index is 0.588. The molecule has 18 heavy (non-hydrogen) atoms. The number of ether oxygens (including phenoxy) is 1. The van der Waals surface area contributed by atoms with Gasteiger partial charge in [0.2, 0.25) is 5.88 Å². The molecule has 1 aromatic heterocycles. The number of aromatic nitrogens is 2. The van der Waals surface area contributed by atoms with Crippen LogP contribution in [-0.2, 0) is 0 Å². The molecular weight excluding hydrogens is 341 g/mol. The molecule has 4 nitrogen and oxygen atoms in total. The van der Waals surface area contributed by atoms with Gasteiger partial charge in [-0.2, -0.15) is 0 Å². The highest BCUT2D eigenvalue weighted by molar-refractivity contribution is 14.1. The van der Waals surface area contributed by atoms with Crippen molar-refractivity contribution in [3.8, 4) is 11.6 Å². The number of hydrogen-bond donors (Lipinski definition) is 1. The van der Waals surface area contributed by atoms with E-state index in [0.29, 0.717) is 5.88 Å². The largest absolute Gasteiger partial charge is 0.437 e. The molecule has 0 bridgehead atoms. The predicted molar refractivity (Wildman–Crippen MR) is 80.2 cm³/mol. The van der Waals surface area contributed by atoms with Gasteiger partial charge in [-0.1, -0.05) is 12.1 Å². The lowest BCUT2D eigenvalue weighted by atomic mass is 10.3. The van der Waals surface area contributed by atoms with E-state index in [1.165, 1.54) is 6.33 Å². The molecule has 1 aromatic carbocycles. The molecule has 0 radical (unpaired) electrons. The van der Waals surface area contributed by atoms with Gasteiger partial charge in [0.25, 0.3) is 0 Å². The van der Waals surface area contributed by atoms with E-state index in [1.807, 2.05) is 38.1 Å². The summed E-state index contributed by atoms with van der Waals surface area (Å²) < 4.78 is 6.88. The fourth-order valence-corrected chi connectivity index (χ4v) is 2.01. The van der Waals surface area contributed by atoms with Crippen molar-refractivity contribution in [2.75, 3.05) is 11.9 Å². The van der Waals surface area contributed by atoms with Gasteiger partial charge in [-0.05, 0) is 48.6 Å². The average Bonchev–Trinajstić information content (AvgIpc) is 2.37. The van der Waals surface area contributed by atoms with Gasteiger partial charge < -0.3 is 10.1 Å². The summed E-state index contributed by atoms with van der Waals surface area (Å²) in [5, 5.41) is 3.18. The number of nitrogens with zero attached hydrogens (tertiary/aromatic N) is 2. The van der Waals surface area contributed by atoms with Crippen LogP contribution in [0.5, 0.6) is 11.6 Å². The number of rotatable bonds is 4. The third-order valence-corrected chi connectivity index (χ3v) is 3.32. The van der Waals surface area contributed by atoms with E-state index in [-0.39, 0.29) is 0 Å². The Morgan fingerprint density at radius 2 is 2.06 bits per heavy atom. The highest BCUT2D eigenvalue weighted by Crippen LogP contribution is 2.28. The van der Waals surface area contributed by atoms with E-state index in [9.17, 15) is 0 Å². The Labute approximate surface area is 120 Å². The lowest BCUT2D eigenvalue weighted by Crippen LogP contribution is -2.04. The lowest BCUT2D eigenvalue weighted by Gasteiger charge is -2.11. The van der Waals surface area contributed by atoms with E-state index in [0.717, 1.165) is 27.2 Å². The van der Waals surface area contributed by atoms with Crippen LogP contribution in [0, 0.1) is 10.5 Å². The van der Waals surface area contributed by atoms with E-state index in [2.05, 4.69) is 37.9 Å². The van der Waals surface area contributed by atoms with Crippen LogP contribution >= 0.6 is 22.6 Å². The third kappa shape index (κ3) is 2.90. The Kier molecular flexibility index (Phi) is 4.35. The molecular formula is C13H14IN3O. The summed E-state index contributed by atoms with van der Waals surface area (Å²) in [4.78, 5) is 8.37. The first kappa shape index (κ1) is 13.1. The van der Waals surface area contributed by atoms with Gasteiger partial charge in [0.15, 0.2) is 0 Å². The Bertz CT molecular complexity index is 546. The number of para-hydroxylation sites is 1. The Morgan fingerprint density at radius 3 is 2.78 bits per heavy atom. The summed E-state index contributed by atoms with van der Waals surface area (Å²) in [6.07, 6.45) is 1.51. The molecule has 0 saturated carbocycles. The first-order valence-electron chi connectivity index (χ1n) is 5.70. The normalized spacial score (nSPS) is 10.2. The maximum Gasteiger partial charge on any atom is 0.227 e. The van der Waals surface area contributed by atoms with Gasteiger partial charge in [-0.25, -0.2) is 9.97 Å². The van der Waals surface area contributed by atoms with Gasteiger partial charge in [0.05, 0.1) is 9.13 Å². The van der Waals surface area contributed by atoms with Crippen LogP contribution in [0.15, 0.2) is 30.6 Å². The molecule has 0 aliphatic heterocycles. The van der Waals surface area contributed by atoms with E-state index in [1.54, 1.807) is 0 Å². The van der Waals surface area contributed by atoms with E-state index < -0.39 is 0 Å². The van der Waals surface area contributed by atoms with Crippen LogP contribution in [-0.4, -0.2) is 16.5 Å². The summed E-state index contributed by atoms with van der Waals surface area (Å²) in [5.74, 6) is 2.21. The summed E-state index contributed by atoms with van der Waals surface area (Å²) in [6.45, 7) is 4.80. The van der Waals surface area contributed by atoms with Crippen LogP contribution in [0.4, 0.5) is 5.82 Å². The molecule has 0 amide bonds. The van der Waals surface area contributed by atoms with Crippen LogP contribution in [0.1, 0.15) is 12.5 Å². The first-order valence-corrected chi connectivity index (χ1v) is 6.78. The van der Waals surface area contributed by atoms with Crippen molar-refractivity contribution in [3.05, 3.63) is 39.7 Å². The smallest absolute Gasteiger partial charge is 0.227 e. The SMILES string of the molecule is CCNc1ncnc(Oc2ccccc2I)c1C. The van der Waals surface area contributed by atoms with Crippen LogP contribution in [0.3, 0.4) is 0 Å². The summed E-state index contributed by atoms with van der Waals surface area (Å²) in [7, 11) is 0. The van der Waals surface area contributed by atoms with Crippen molar-refractivity contribution >= 4 is 28.4 Å². The minimum Gasteiger partial charge on any atom is -0.437 e. The highest BCUT2D eigenvalue weighted by atomic mass is 127. The Balaban J connectivity index is 2.30.